The molecule has 0 saturated carbocycles. The molecule has 5 heteroatoms. The number of amides is 1. The Bertz CT molecular complexity index is 377. The third kappa shape index (κ3) is 3.34. The van der Waals surface area contributed by atoms with Gasteiger partial charge in [-0.15, -0.1) is 0 Å². The highest BCUT2D eigenvalue weighted by Crippen LogP contribution is 2.26. The smallest absolute Gasteiger partial charge is 0.411 e. The van der Waals surface area contributed by atoms with E-state index in [2.05, 4.69) is 10.6 Å². The molecule has 0 heterocycles. The largest absolute Gasteiger partial charge is 0.506 e. The summed E-state index contributed by atoms with van der Waals surface area (Å²) in [5, 5.41) is 14.9. The Hall–Kier alpha value is -1.91. The summed E-state index contributed by atoms with van der Waals surface area (Å²) in [6.07, 6.45) is -0.777. The van der Waals surface area contributed by atoms with Crippen molar-refractivity contribution >= 4 is 17.5 Å². The zero-order chi connectivity index (χ0) is 12.1. The molecule has 5 nitrogen and oxygen atoms in total. The molecule has 16 heavy (non-hydrogen) atoms. The van der Waals surface area contributed by atoms with Gasteiger partial charge >= 0.3 is 6.09 Å². The van der Waals surface area contributed by atoms with E-state index in [9.17, 15) is 9.90 Å². The fourth-order valence-corrected chi connectivity index (χ4v) is 1.15. The highest BCUT2D eigenvalue weighted by Gasteiger charge is 2.08. The van der Waals surface area contributed by atoms with Gasteiger partial charge in [-0.1, -0.05) is 0 Å². The maximum Gasteiger partial charge on any atom is 0.411 e. The SMILES string of the molecule is CNc1ccc(NC(=O)OC(C)C)c(O)c1. The number of aromatic hydroxyl groups is 1. The fourth-order valence-electron chi connectivity index (χ4n) is 1.15. The number of hydrogen-bond acceptors (Lipinski definition) is 4. The van der Waals surface area contributed by atoms with Crippen LogP contribution in [-0.4, -0.2) is 24.4 Å². The summed E-state index contributed by atoms with van der Waals surface area (Å²) in [5.74, 6) is -0.00689. The molecule has 0 bridgehead atoms. The van der Waals surface area contributed by atoms with Crippen molar-refractivity contribution in [2.45, 2.75) is 20.0 Å². The summed E-state index contributed by atoms with van der Waals surface area (Å²) in [6, 6.07) is 4.86. The van der Waals surface area contributed by atoms with E-state index in [1.165, 1.54) is 6.07 Å². The first-order valence-electron chi connectivity index (χ1n) is 5.01. The Morgan fingerprint density at radius 2 is 2.12 bits per heavy atom. The topological polar surface area (TPSA) is 70.6 Å². The van der Waals surface area contributed by atoms with Crippen molar-refractivity contribution in [3.8, 4) is 5.75 Å². The first-order valence-corrected chi connectivity index (χ1v) is 5.01. The van der Waals surface area contributed by atoms with Gasteiger partial charge in [0.25, 0.3) is 0 Å². The highest BCUT2D eigenvalue weighted by atomic mass is 16.6. The number of rotatable bonds is 3. The summed E-state index contributed by atoms with van der Waals surface area (Å²) >= 11 is 0. The lowest BCUT2D eigenvalue weighted by atomic mass is 10.2. The minimum absolute atomic E-state index is 0.00689. The van der Waals surface area contributed by atoms with E-state index in [1.54, 1.807) is 33.0 Å². The molecule has 1 aromatic rings. The van der Waals surface area contributed by atoms with Crippen LogP contribution in [0.1, 0.15) is 13.8 Å². The van der Waals surface area contributed by atoms with Crippen molar-refractivity contribution in [1.82, 2.24) is 0 Å². The van der Waals surface area contributed by atoms with Crippen LogP contribution >= 0.6 is 0 Å². The van der Waals surface area contributed by atoms with Crippen LogP contribution in [-0.2, 0) is 4.74 Å². The molecular formula is C11H16N2O3. The van der Waals surface area contributed by atoms with Gasteiger partial charge < -0.3 is 15.2 Å². The molecule has 0 spiro atoms. The van der Waals surface area contributed by atoms with Gasteiger partial charge in [-0.3, -0.25) is 5.32 Å². The monoisotopic (exact) mass is 224 g/mol. The second kappa shape index (κ2) is 5.25. The summed E-state index contributed by atoms with van der Waals surface area (Å²) in [4.78, 5) is 11.3. The quantitative estimate of drug-likeness (QED) is 0.689. The van der Waals surface area contributed by atoms with Gasteiger partial charge in [0, 0.05) is 18.8 Å². The van der Waals surface area contributed by atoms with Crippen molar-refractivity contribution in [2.75, 3.05) is 17.7 Å². The maximum absolute atomic E-state index is 11.3. The van der Waals surface area contributed by atoms with Crippen molar-refractivity contribution in [2.24, 2.45) is 0 Å². The summed E-state index contributed by atoms with van der Waals surface area (Å²) in [5.41, 5.74) is 1.09. The maximum atomic E-state index is 11.3. The molecule has 0 aromatic heterocycles. The lowest BCUT2D eigenvalue weighted by Gasteiger charge is -2.11. The first kappa shape index (κ1) is 12.2. The van der Waals surface area contributed by atoms with Gasteiger partial charge in [0.2, 0.25) is 0 Å². The Morgan fingerprint density at radius 3 is 2.62 bits per heavy atom. The zero-order valence-electron chi connectivity index (χ0n) is 9.57. The number of ether oxygens (including phenoxy) is 1. The van der Waals surface area contributed by atoms with Crippen molar-refractivity contribution in [3.05, 3.63) is 18.2 Å². The van der Waals surface area contributed by atoms with Gasteiger partial charge in [0.1, 0.15) is 5.75 Å². The second-order valence-electron chi connectivity index (χ2n) is 3.56. The third-order valence-corrected chi connectivity index (χ3v) is 1.87. The molecule has 0 saturated heterocycles. The first-order chi connectivity index (χ1) is 7.52. The van der Waals surface area contributed by atoms with Gasteiger partial charge in [-0.05, 0) is 26.0 Å². The van der Waals surface area contributed by atoms with Crippen LogP contribution in [0.3, 0.4) is 0 Å². The molecular weight excluding hydrogens is 208 g/mol. The second-order valence-corrected chi connectivity index (χ2v) is 3.56. The number of phenols is 1. The Labute approximate surface area is 94.4 Å². The lowest BCUT2D eigenvalue weighted by molar-refractivity contribution is 0.130. The fraction of sp³-hybridized carbons (Fsp3) is 0.364. The molecule has 0 radical (unpaired) electrons. The van der Waals surface area contributed by atoms with E-state index >= 15 is 0 Å². The summed E-state index contributed by atoms with van der Waals surface area (Å²) in [6.45, 7) is 3.51. The normalized spacial score (nSPS) is 10.0. The highest BCUT2D eigenvalue weighted by molar-refractivity contribution is 5.87. The van der Waals surface area contributed by atoms with E-state index in [4.69, 9.17) is 4.74 Å². The molecule has 0 unspecified atom stereocenters. The molecule has 1 rings (SSSR count). The molecule has 1 aromatic carbocycles. The van der Waals surface area contributed by atoms with Gasteiger partial charge in [0.05, 0.1) is 11.8 Å². The van der Waals surface area contributed by atoms with Gasteiger partial charge in [0.15, 0.2) is 0 Å². The molecule has 0 aliphatic carbocycles. The van der Waals surface area contributed by atoms with Crippen LogP contribution in [0.2, 0.25) is 0 Å². The number of nitrogens with one attached hydrogen (secondary N) is 2. The number of carbonyl (C=O) groups is 1. The summed E-state index contributed by atoms with van der Waals surface area (Å²) in [7, 11) is 1.74. The molecule has 1 amide bonds. The number of anilines is 2. The van der Waals surface area contributed by atoms with Crippen LogP contribution in [0.25, 0.3) is 0 Å². The lowest BCUT2D eigenvalue weighted by Crippen LogP contribution is -2.18. The van der Waals surface area contributed by atoms with Gasteiger partial charge in [-0.25, -0.2) is 4.79 Å². The third-order valence-electron chi connectivity index (χ3n) is 1.87. The van der Waals surface area contributed by atoms with Crippen molar-refractivity contribution in [3.63, 3.8) is 0 Å². The number of carbonyl (C=O) groups excluding carboxylic acids is 1. The number of benzene rings is 1. The van der Waals surface area contributed by atoms with Gasteiger partial charge in [-0.2, -0.15) is 0 Å². The van der Waals surface area contributed by atoms with E-state index in [0.717, 1.165) is 5.69 Å². The van der Waals surface area contributed by atoms with Crippen molar-refractivity contribution < 1.29 is 14.6 Å². The Kier molecular flexibility index (Phi) is 3.99. The number of hydrogen-bond donors (Lipinski definition) is 3. The number of phenolic OH excluding ortho intramolecular Hbond substituents is 1. The van der Waals surface area contributed by atoms with E-state index in [-0.39, 0.29) is 11.9 Å². The molecule has 3 N–H and O–H groups in total. The minimum Gasteiger partial charge on any atom is -0.506 e. The Balaban J connectivity index is 2.70. The van der Waals surface area contributed by atoms with Crippen LogP contribution in [0, 0.1) is 0 Å². The average Bonchev–Trinajstić information content (AvgIpc) is 2.19. The zero-order valence-corrected chi connectivity index (χ0v) is 9.57. The molecule has 88 valence electrons. The van der Waals surface area contributed by atoms with Crippen LogP contribution in [0.15, 0.2) is 18.2 Å². The van der Waals surface area contributed by atoms with Crippen LogP contribution in [0.5, 0.6) is 5.75 Å². The molecule has 0 fully saturated rings. The van der Waals surface area contributed by atoms with Crippen LogP contribution < -0.4 is 10.6 Å². The van der Waals surface area contributed by atoms with Crippen LogP contribution in [0.4, 0.5) is 16.2 Å². The molecule has 0 aliphatic heterocycles. The summed E-state index contributed by atoms with van der Waals surface area (Å²) < 4.78 is 4.89. The standard InChI is InChI=1S/C11H16N2O3/c1-7(2)16-11(15)13-9-5-4-8(12-3)6-10(9)14/h4-7,12,14H,1-3H3,(H,13,15). The average molecular weight is 224 g/mol. The van der Waals surface area contributed by atoms with E-state index in [1.807, 2.05) is 0 Å². The predicted octanol–water partition coefficient (Wildman–Crippen LogP) is 2.39. The molecule has 0 atom stereocenters. The van der Waals surface area contributed by atoms with Crippen molar-refractivity contribution in [1.29, 1.82) is 0 Å². The minimum atomic E-state index is -0.581. The van der Waals surface area contributed by atoms with E-state index in [0.29, 0.717) is 5.69 Å². The Morgan fingerprint density at radius 1 is 1.44 bits per heavy atom. The predicted molar refractivity (Wildman–Crippen MR) is 62.9 cm³/mol. The molecule has 0 aliphatic rings. The van der Waals surface area contributed by atoms with E-state index < -0.39 is 6.09 Å².